The van der Waals surface area contributed by atoms with Gasteiger partial charge in [-0.1, -0.05) is 6.07 Å². The van der Waals surface area contributed by atoms with Gasteiger partial charge >= 0.3 is 0 Å². The van der Waals surface area contributed by atoms with Gasteiger partial charge in [-0.2, -0.15) is 0 Å². The number of ether oxygens (including phenoxy) is 1. The second-order valence-electron chi connectivity index (χ2n) is 5.57. The third-order valence-electron chi connectivity index (χ3n) is 3.94. The number of pyridine rings is 1. The molecule has 0 N–H and O–H groups in total. The van der Waals surface area contributed by atoms with Crippen LogP contribution >= 0.6 is 0 Å². The summed E-state index contributed by atoms with van der Waals surface area (Å²) >= 11 is 0. The molecule has 1 amide bonds. The minimum absolute atomic E-state index is 0.143. The Morgan fingerprint density at radius 3 is 2.88 bits per heavy atom. The number of rotatable bonds is 5. The molecule has 3 rings (SSSR count). The van der Waals surface area contributed by atoms with Crippen LogP contribution in [0.1, 0.15) is 23.2 Å². The third kappa shape index (κ3) is 3.28. The van der Waals surface area contributed by atoms with Crippen LogP contribution in [0.3, 0.4) is 0 Å². The Bertz CT molecular complexity index is 925. The van der Waals surface area contributed by atoms with E-state index in [1.54, 1.807) is 31.6 Å². The number of aromatic nitrogens is 4. The summed E-state index contributed by atoms with van der Waals surface area (Å²) in [6.45, 7) is 3.01. The quantitative estimate of drug-likeness (QED) is 0.710. The maximum Gasteiger partial charge on any atom is 0.272 e. The van der Waals surface area contributed by atoms with Crippen LogP contribution in [0, 0.1) is 5.82 Å². The first-order chi connectivity index (χ1) is 12.0. The number of halogens is 1. The molecule has 0 atom stereocenters. The number of methoxy groups -OCH3 is 1. The van der Waals surface area contributed by atoms with E-state index >= 15 is 0 Å². The molecule has 0 aliphatic heterocycles. The van der Waals surface area contributed by atoms with Crippen molar-refractivity contribution in [3.8, 4) is 5.75 Å². The molecule has 0 aliphatic rings. The minimum atomic E-state index is -0.517. The van der Waals surface area contributed by atoms with Gasteiger partial charge in [0, 0.05) is 25.0 Å². The van der Waals surface area contributed by atoms with E-state index in [2.05, 4.69) is 15.2 Å². The van der Waals surface area contributed by atoms with Crippen molar-refractivity contribution in [3.63, 3.8) is 0 Å². The SMILES string of the molecule is CCn1cnnc1CN(C)C(=O)c1ccc2cc(OC)c(F)cc2n1. The molecule has 2 heterocycles. The highest BCUT2D eigenvalue weighted by atomic mass is 19.1. The highest BCUT2D eigenvalue weighted by molar-refractivity contribution is 5.94. The summed E-state index contributed by atoms with van der Waals surface area (Å²) < 4.78 is 20.7. The van der Waals surface area contributed by atoms with Gasteiger partial charge in [0.25, 0.3) is 5.91 Å². The van der Waals surface area contributed by atoms with Gasteiger partial charge in [0.1, 0.15) is 12.0 Å². The van der Waals surface area contributed by atoms with Gasteiger partial charge in [0.2, 0.25) is 0 Å². The number of carbonyl (C=O) groups is 1. The molecule has 0 saturated carbocycles. The molecule has 0 aliphatic carbocycles. The van der Waals surface area contributed by atoms with Crippen molar-refractivity contribution in [1.82, 2.24) is 24.6 Å². The normalized spacial score (nSPS) is 10.9. The first-order valence-corrected chi connectivity index (χ1v) is 7.80. The Balaban J connectivity index is 1.86. The number of benzene rings is 1. The van der Waals surface area contributed by atoms with Crippen molar-refractivity contribution in [1.29, 1.82) is 0 Å². The smallest absolute Gasteiger partial charge is 0.272 e. The van der Waals surface area contributed by atoms with E-state index in [0.29, 0.717) is 23.3 Å². The average Bonchev–Trinajstić information content (AvgIpc) is 3.07. The van der Waals surface area contributed by atoms with Crippen molar-refractivity contribution in [2.45, 2.75) is 20.0 Å². The lowest BCUT2D eigenvalue weighted by Gasteiger charge is -2.16. The highest BCUT2D eigenvalue weighted by Gasteiger charge is 2.17. The van der Waals surface area contributed by atoms with Crippen LogP contribution in [0.4, 0.5) is 4.39 Å². The summed E-state index contributed by atoms with van der Waals surface area (Å²) in [6.07, 6.45) is 1.62. The predicted octanol–water partition coefficient (Wildman–Crippen LogP) is 2.27. The zero-order chi connectivity index (χ0) is 18.0. The van der Waals surface area contributed by atoms with Gasteiger partial charge in [-0.3, -0.25) is 4.79 Å². The molecule has 130 valence electrons. The fraction of sp³-hybridized carbons (Fsp3) is 0.294. The summed E-state index contributed by atoms with van der Waals surface area (Å²) in [4.78, 5) is 18.4. The van der Waals surface area contributed by atoms with Gasteiger partial charge in [-0.05, 0) is 19.1 Å². The Morgan fingerprint density at radius 1 is 1.36 bits per heavy atom. The van der Waals surface area contributed by atoms with Crippen molar-refractivity contribution in [2.75, 3.05) is 14.2 Å². The van der Waals surface area contributed by atoms with Crippen LogP contribution in [0.5, 0.6) is 5.75 Å². The second kappa shape index (κ2) is 6.84. The van der Waals surface area contributed by atoms with Gasteiger partial charge in [0.15, 0.2) is 17.4 Å². The fourth-order valence-corrected chi connectivity index (χ4v) is 2.55. The lowest BCUT2D eigenvalue weighted by molar-refractivity contribution is 0.0774. The van der Waals surface area contributed by atoms with E-state index in [4.69, 9.17) is 4.74 Å². The molecule has 0 saturated heterocycles. The number of hydrogen-bond acceptors (Lipinski definition) is 5. The Hall–Kier alpha value is -3.03. The zero-order valence-electron chi connectivity index (χ0n) is 14.2. The molecule has 0 unspecified atom stereocenters. The van der Waals surface area contributed by atoms with Crippen molar-refractivity contribution < 1.29 is 13.9 Å². The molecule has 3 aromatic rings. The van der Waals surface area contributed by atoms with Crippen molar-refractivity contribution in [3.05, 3.63) is 47.9 Å². The van der Waals surface area contributed by atoms with Crippen LogP contribution in [-0.2, 0) is 13.1 Å². The number of carbonyl (C=O) groups excluding carboxylic acids is 1. The number of hydrogen-bond donors (Lipinski definition) is 0. The molecule has 2 aromatic heterocycles. The second-order valence-corrected chi connectivity index (χ2v) is 5.57. The average molecular weight is 343 g/mol. The minimum Gasteiger partial charge on any atom is -0.494 e. The van der Waals surface area contributed by atoms with Crippen LogP contribution in [0.25, 0.3) is 10.9 Å². The molecular weight excluding hydrogens is 325 g/mol. The summed E-state index contributed by atoms with van der Waals surface area (Å²) in [5.74, 6) is 0.0413. The first kappa shape index (κ1) is 16.8. The largest absolute Gasteiger partial charge is 0.494 e. The molecule has 7 nitrogen and oxygen atoms in total. The summed E-state index contributed by atoms with van der Waals surface area (Å²) in [7, 11) is 3.07. The molecule has 25 heavy (non-hydrogen) atoms. The first-order valence-electron chi connectivity index (χ1n) is 7.80. The van der Waals surface area contributed by atoms with E-state index in [9.17, 15) is 9.18 Å². The van der Waals surface area contributed by atoms with Gasteiger partial charge in [-0.25, -0.2) is 9.37 Å². The maximum absolute atomic E-state index is 13.9. The summed E-state index contributed by atoms with van der Waals surface area (Å²) in [6, 6.07) is 6.15. The fourth-order valence-electron chi connectivity index (χ4n) is 2.55. The van der Waals surface area contributed by atoms with E-state index in [1.165, 1.54) is 18.1 Å². The molecule has 0 spiro atoms. The van der Waals surface area contributed by atoms with Crippen LogP contribution < -0.4 is 4.74 Å². The lowest BCUT2D eigenvalue weighted by Crippen LogP contribution is -2.28. The maximum atomic E-state index is 13.9. The molecule has 0 bridgehead atoms. The number of fused-ring (bicyclic) bond motifs is 1. The van der Waals surface area contributed by atoms with E-state index in [1.807, 2.05) is 11.5 Å². The Labute approximate surface area is 144 Å². The molecule has 0 radical (unpaired) electrons. The lowest BCUT2D eigenvalue weighted by atomic mass is 10.1. The Kier molecular flexibility index (Phi) is 4.60. The van der Waals surface area contributed by atoms with Crippen LogP contribution in [0.15, 0.2) is 30.6 Å². The standard InChI is InChI=1S/C17H18FN5O2/c1-4-23-10-19-21-16(23)9-22(2)17(24)13-6-5-11-7-15(25-3)12(18)8-14(11)20-13/h5-8,10H,4,9H2,1-3H3. The van der Waals surface area contributed by atoms with E-state index in [0.717, 1.165) is 6.54 Å². The van der Waals surface area contributed by atoms with Crippen molar-refractivity contribution >= 4 is 16.8 Å². The Morgan fingerprint density at radius 2 is 2.16 bits per heavy atom. The van der Waals surface area contributed by atoms with E-state index < -0.39 is 5.82 Å². The predicted molar refractivity (Wildman–Crippen MR) is 89.7 cm³/mol. The molecule has 0 fully saturated rings. The number of nitrogens with zero attached hydrogens (tertiary/aromatic N) is 5. The molecular formula is C17H18FN5O2. The van der Waals surface area contributed by atoms with Crippen LogP contribution in [0.2, 0.25) is 0 Å². The third-order valence-corrected chi connectivity index (χ3v) is 3.94. The van der Waals surface area contributed by atoms with Gasteiger partial charge in [-0.15, -0.1) is 10.2 Å². The number of aryl methyl sites for hydroxylation is 1. The highest BCUT2D eigenvalue weighted by Crippen LogP contribution is 2.24. The van der Waals surface area contributed by atoms with Gasteiger partial charge in [0.05, 0.1) is 19.2 Å². The molecule has 8 heteroatoms. The van der Waals surface area contributed by atoms with Crippen molar-refractivity contribution in [2.24, 2.45) is 0 Å². The van der Waals surface area contributed by atoms with Gasteiger partial charge < -0.3 is 14.2 Å². The zero-order valence-corrected chi connectivity index (χ0v) is 14.2. The van der Waals surface area contributed by atoms with E-state index in [-0.39, 0.29) is 17.4 Å². The molecule has 1 aromatic carbocycles. The monoisotopic (exact) mass is 343 g/mol. The van der Waals surface area contributed by atoms with Crippen LogP contribution in [-0.4, -0.2) is 44.7 Å². The summed E-state index contributed by atoms with van der Waals surface area (Å²) in [5, 5.41) is 8.57. The summed E-state index contributed by atoms with van der Waals surface area (Å²) in [5.41, 5.74) is 0.636. The number of amides is 1. The topological polar surface area (TPSA) is 73.1 Å².